The standard InChI is InChI=1S/C31H37N5O2/c1-7-36(8-2)18-17-35(5)29-31(38-6)34-28-20-26(15-16-27(28)33-29)32-30(37)24-13-11-23(12-14-24)25-10-9-21(3)22(4)19-25/h9-16,19-20H,7-8,17-18H2,1-6H3,(H,32,37). The molecule has 0 unspecified atom stereocenters. The molecule has 1 heterocycles. The van der Waals surface area contributed by atoms with Crippen LogP contribution >= 0.6 is 0 Å². The number of benzene rings is 3. The lowest BCUT2D eigenvalue weighted by atomic mass is 9.99. The first kappa shape index (κ1) is 27.1. The molecule has 1 amide bonds. The van der Waals surface area contributed by atoms with Crippen LogP contribution in [0.4, 0.5) is 11.5 Å². The van der Waals surface area contributed by atoms with Gasteiger partial charge in [0.2, 0.25) is 0 Å². The van der Waals surface area contributed by atoms with Crippen molar-refractivity contribution in [1.82, 2.24) is 14.9 Å². The van der Waals surface area contributed by atoms with Gasteiger partial charge in [-0.15, -0.1) is 0 Å². The zero-order valence-electron chi connectivity index (χ0n) is 23.2. The fourth-order valence-corrected chi connectivity index (χ4v) is 4.37. The number of hydrogen-bond donors (Lipinski definition) is 1. The number of carbonyl (C=O) groups is 1. The van der Waals surface area contributed by atoms with Crippen molar-refractivity contribution in [2.75, 3.05) is 50.6 Å². The maximum Gasteiger partial charge on any atom is 0.257 e. The summed E-state index contributed by atoms with van der Waals surface area (Å²) >= 11 is 0. The molecule has 0 radical (unpaired) electrons. The Balaban J connectivity index is 1.49. The third kappa shape index (κ3) is 6.11. The quantitative estimate of drug-likeness (QED) is 0.284. The number of hydrogen-bond acceptors (Lipinski definition) is 6. The topological polar surface area (TPSA) is 70.6 Å². The molecule has 0 saturated heterocycles. The highest BCUT2D eigenvalue weighted by molar-refractivity contribution is 6.05. The molecule has 38 heavy (non-hydrogen) atoms. The van der Waals surface area contributed by atoms with Crippen molar-refractivity contribution in [3.63, 3.8) is 0 Å². The van der Waals surface area contributed by atoms with E-state index in [4.69, 9.17) is 9.72 Å². The van der Waals surface area contributed by atoms with Gasteiger partial charge in [-0.2, -0.15) is 0 Å². The third-order valence-corrected chi connectivity index (χ3v) is 7.06. The Morgan fingerprint density at radius 3 is 2.21 bits per heavy atom. The molecule has 0 aliphatic carbocycles. The van der Waals surface area contributed by atoms with Crippen LogP contribution in [0.1, 0.15) is 35.3 Å². The van der Waals surface area contributed by atoms with Gasteiger partial charge < -0.3 is 19.9 Å². The second kappa shape index (κ2) is 12.0. The van der Waals surface area contributed by atoms with Crippen molar-refractivity contribution in [1.29, 1.82) is 0 Å². The molecule has 4 rings (SSSR count). The first-order chi connectivity index (χ1) is 18.3. The van der Waals surface area contributed by atoms with Crippen LogP contribution < -0.4 is 15.0 Å². The van der Waals surface area contributed by atoms with Gasteiger partial charge in [0.25, 0.3) is 11.8 Å². The molecule has 0 saturated carbocycles. The fraction of sp³-hybridized carbons (Fsp3) is 0.323. The molecule has 0 aliphatic rings. The van der Waals surface area contributed by atoms with E-state index in [1.54, 1.807) is 7.11 Å². The van der Waals surface area contributed by atoms with Gasteiger partial charge in [0.15, 0.2) is 5.82 Å². The van der Waals surface area contributed by atoms with E-state index in [0.29, 0.717) is 28.5 Å². The van der Waals surface area contributed by atoms with Crippen LogP contribution in [0.5, 0.6) is 5.88 Å². The Hall–Kier alpha value is -3.97. The number of anilines is 2. The van der Waals surface area contributed by atoms with E-state index >= 15 is 0 Å². The largest absolute Gasteiger partial charge is 0.478 e. The van der Waals surface area contributed by atoms with Gasteiger partial charge in [-0.05, 0) is 79.5 Å². The normalized spacial score (nSPS) is 11.1. The molecule has 1 aromatic heterocycles. The monoisotopic (exact) mass is 511 g/mol. The minimum Gasteiger partial charge on any atom is -0.478 e. The Kier molecular flexibility index (Phi) is 8.59. The number of aryl methyl sites for hydroxylation is 2. The lowest BCUT2D eigenvalue weighted by Crippen LogP contribution is -2.33. The number of fused-ring (bicyclic) bond motifs is 1. The Morgan fingerprint density at radius 1 is 0.842 bits per heavy atom. The van der Waals surface area contributed by atoms with Crippen LogP contribution in [-0.2, 0) is 0 Å². The molecule has 0 spiro atoms. The number of aromatic nitrogens is 2. The number of nitrogens with one attached hydrogen (secondary N) is 1. The first-order valence-electron chi connectivity index (χ1n) is 13.1. The molecule has 1 N–H and O–H groups in total. The number of ether oxygens (including phenoxy) is 1. The minimum absolute atomic E-state index is 0.177. The lowest BCUT2D eigenvalue weighted by molar-refractivity contribution is 0.102. The molecule has 7 nitrogen and oxygen atoms in total. The predicted molar refractivity (Wildman–Crippen MR) is 156 cm³/mol. The van der Waals surface area contributed by atoms with Crippen molar-refractivity contribution < 1.29 is 9.53 Å². The molecule has 0 fully saturated rings. The summed E-state index contributed by atoms with van der Waals surface area (Å²) in [5.74, 6) is 0.987. The fourth-order valence-electron chi connectivity index (χ4n) is 4.37. The highest BCUT2D eigenvalue weighted by Gasteiger charge is 2.16. The maximum atomic E-state index is 13.0. The third-order valence-electron chi connectivity index (χ3n) is 7.06. The van der Waals surface area contributed by atoms with E-state index in [1.165, 1.54) is 11.1 Å². The van der Waals surface area contributed by atoms with E-state index in [-0.39, 0.29) is 5.91 Å². The summed E-state index contributed by atoms with van der Waals surface area (Å²) < 4.78 is 5.57. The van der Waals surface area contributed by atoms with Crippen LogP contribution in [-0.4, -0.2) is 61.1 Å². The SMILES string of the molecule is CCN(CC)CCN(C)c1nc2ccc(NC(=O)c3ccc(-c4ccc(C)c(C)c4)cc3)cc2nc1OC. The van der Waals surface area contributed by atoms with Crippen LogP contribution in [0, 0.1) is 13.8 Å². The lowest BCUT2D eigenvalue weighted by Gasteiger charge is -2.24. The predicted octanol–water partition coefficient (Wildman–Crippen LogP) is 5.95. The number of rotatable bonds is 10. The van der Waals surface area contributed by atoms with Gasteiger partial charge in [-0.25, -0.2) is 9.97 Å². The van der Waals surface area contributed by atoms with Crippen LogP contribution in [0.25, 0.3) is 22.2 Å². The van der Waals surface area contributed by atoms with E-state index in [9.17, 15) is 4.79 Å². The van der Waals surface area contributed by atoms with E-state index in [2.05, 4.69) is 66.0 Å². The Labute approximate surface area is 225 Å². The Morgan fingerprint density at radius 2 is 1.55 bits per heavy atom. The second-order valence-corrected chi connectivity index (χ2v) is 9.54. The number of nitrogens with zero attached hydrogens (tertiary/aromatic N) is 4. The van der Waals surface area contributed by atoms with E-state index < -0.39 is 0 Å². The van der Waals surface area contributed by atoms with Crippen molar-refractivity contribution in [3.05, 3.63) is 77.4 Å². The zero-order valence-corrected chi connectivity index (χ0v) is 23.2. The zero-order chi connectivity index (χ0) is 27.2. The second-order valence-electron chi connectivity index (χ2n) is 9.54. The molecule has 7 heteroatoms. The van der Waals surface area contributed by atoms with Crippen molar-refractivity contribution >= 4 is 28.4 Å². The molecule has 3 aromatic carbocycles. The molecule has 0 aliphatic heterocycles. The average molecular weight is 512 g/mol. The Bertz CT molecular complexity index is 1410. The highest BCUT2D eigenvalue weighted by atomic mass is 16.5. The number of amides is 1. The molecule has 4 aromatic rings. The van der Waals surface area contributed by atoms with Gasteiger partial charge in [0.1, 0.15) is 0 Å². The molecule has 0 bridgehead atoms. The molecule has 198 valence electrons. The van der Waals surface area contributed by atoms with Crippen molar-refractivity contribution in [2.24, 2.45) is 0 Å². The van der Waals surface area contributed by atoms with Crippen molar-refractivity contribution in [3.8, 4) is 17.0 Å². The number of methoxy groups -OCH3 is 1. The summed E-state index contributed by atoms with van der Waals surface area (Å²) in [5.41, 5.74) is 7.37. The maximum absolute atomic E-state index is 13.0. The summed E-state index contributed by atoms with van der Waals surface area (Å²) in [6.45, 7) is 12.3. The van der Waals surface area contributed by atoms with Gasteiger partial charge in [0, 0.05) is 31.4 Å². The van der Waals surface area contributed by atoms with Crippen LogP contribution in [0.3, 0.4) is 0 Å². The van der Waals surface area contributed by atoms with Crippen LogP contribution in [0.15, 0.2) is 60.7 Å². The molecule has 0 atom stereocenters. The first-order valence-corrected chi connectivity index (χ1v) is 13.1. The summed E-state index contributed by atoms with van der Waals surface area (Å²) in [7, 11) is 3.60. The van der Waals surface area contributed by atoms with E-state index in [0.717, 1.165) is 42.8 Å². The highest BCUT2D eigenvalue weighted by Crippen LogP contribution is 2.28. The van der Waals surface area contributed by atoms with Gasteiger partial charge in [-0.3, -0.25) is 4.79 Å². The minimum atomic E-state index is -0.177. The summed E-state index contributed by atoms with van der Waals surface area (Å²) in [4.78, 5) is 26.9. The smallest absolute Gasteiger partial charge is 0.257 e. The molecular formula is C31H37N5O2. The summed E-state index contributed by atoms with van der Waals surface area (Å²) in [6.07, 6.45) is 0. The van der Waals surface area contributed by atoms with Gasteiger partial charge in [-0.1, -0.05) is 44.2 Å². The van der Waals surface area contributed by atoms with Gasteiger partial charge >= 0.3 is 0 Å². The van der Waals surface area contributed by atoms with Crippen LogP contribution in [0.2, 0.25) is 0 Å². The molecular weight excluding hydrogens is 474 g/mol. The van der Waals surface area contributed by atoms with Crippen molar-refractivity contribution in [2.45, 2.75) is 27.7 Å². The summed E-state index contributed by atoms with van der Waals surface area (Å²) in [6, 6.07) is 19.6. The average Bonchev–Trinajstić information content (AvgIpc) is 2.94. The number of likely N-dealkylation sites (N-methyl/N-ethyl adjacent to an activating group) is 2. The summed E-state index contributed by atoms with van der Waals surface area (Å²) in [5, 5.41) is 2.98. The number of carbonyl (C=O) groups excluding carboxylic acids is 1. The van der Waals surface area contributed by atoms with Gasteiger partial charge in [0.05, 0.1) is 18.1 Å². The van der Waals surface area contributed by atoms with E-state index in [1.807, 2.05) is 49.5 Å².